The fraction of sp³-hybridized carbons (Fsp3) is 0.208. The SMILES string of the molecule is O=C1C(c2ccccc2)=CC(=O)[C@@]2(c3ccccc3)[C@@H](c3ccccc3OCCO)C3=CC[C@@H]4C(=O)N(c5ccc(Nc6ccccc6)cc5)C(=O)[C@@H]4[C@@H]3C[C@@H]12. The average molecular weight is 741 g/mol. The minimum absolute atomic E-state index is 0.0330. The number of rotatable bonds is 9. The van der Waals surface area contributed by atoms with Gasteiger partial charge < -0.3 is 15.2 Å². The van der Waals surface area contributed by atoms with Crippen LogP contribution in [0.4, 0.5) is 17.1 Å². The molecule has 0 bridgehead atoms. The lowest BCUT2D eigenvalue weighted by Crippen LogP contribution is -2.58. The van der Waals surface area contributed by atoms with Crippen LogP contribution in [0.1, 0.15) is 35.4 Å². The zero-order valence-corrected chi connectivity index (χ0v) is 30.6. The van der Waals surface area contributed by atoms with Crippen molar-refractivity contribution in [1.82, 2.24) is 0 Å². The minimum Gasteiger partial charge on any atom is -0.491 e. The van der Waals surface area contributed by atoms with Gasteiger partial charge >= 0.3 is 0 Å². The number of anilines is 3. The molecule has 2 N–H and O–H groups in total. The Hall–Kier alpha value is -6.38. The van der Waals surface area contributed by atoms with Crippen molar-refractivity contribution in [3.8, 4) is 5.75 Å². The summed E-state index contributed by atoms with van der Waals surface area (Å²) >= 11 is 0. The second-order valence-corrected chi connectivity index (χ2v) is 14.9. The summed E-state index contributed by atoms with van der Waals surface area (Å²) in [7, 11) is 0. The topological polar surface area (TPSA) is 113 Å². The lowest BCUT2D eigenvalue weighted by Gasteiger charge is -2.55. The first-order valence-corrected chi connectivity index (χ1v) is 19.2. The van der Waals surface area contributed by atoms with Crippen LogP contribution in [0.15, 0.2) is 157 Å². The maximum atomic E-state index is 15.3. The quantitative estimate of drug-likeness (QED) is 0.117. The highest BCUT2D eigenvalue weighted by molar-refractivity contribution is 6.32. The van der Waals surface area contributed by atoms with Crippen LogP contribution in [0.5, 0.6) is 5.75 Å². The van der Waals surface area contributed by atoms with E-state index in [0.717, 1.165) is 16.9 Å². The Morgan fingerprint density at radius 3 is 2.07 bits per heavy atom. The number of hydrogen-bond donors (Lipinski definition) is 2. The predicted molar refractivity (Wildman–Crippen MR) is 214 cm³/mol. The molecule has 0 unspecified atom stereocenters. The van der Waals surface area contributed by atoms with Crippen molar-refractivity contribution in [1.29, 1.82) is 0 Å². The van der Waals surface area contributed by atoms with E-state index in [1.165, 1.54) is 11.0 Å². The largest absolute Gasteiger partial charge is 0.491 e. The molecule has 2 amide bonds. The Kier molecular flexibility index (Phi) is 9.06. The molecule has 56 heavy (non-hydrogen) atoms. The van der Waals surface area contributed by atoms with Crippen LogP contribution in [-0.4, -0.2) is 41.7 Å². The lowest BCUT2D eigenvalue weighted by atomic mass is 9.44. The van der Waals surface area contributed by atoms with Gasteiger partial charge in [-0.15, -0.1) is 0 Å². The van der Waals surface area contributed by atoms with Crippen molar-refractivity contribution in [2.45, 2.75) is 24.2 Å². The van der Waals surface area contributed by atoms with Gasteiger partial charge in [-0.1, -0.05) is 109 Å². The van der Waals surface area contributed by atoms with Gasteiger partial charge in [0.15, 0.2) is 11.6 Å². The van der Waals surface area contributed by atoms with Crippen molar-refractivity contribution >= 4 is 46.0 Å². The Balaban J connectivity index is 1.18. The fourth-order valence-electron chi connectivity index (χ4n) is 9.86. The van der Waals surface area contributed by atoms with Crippen LogP contribution in [0, 0.1) is 23.7 Å². The van der Waals surface area contributed by atoms with Gasteiger partial charge in [-0.05, 0) is 78.4 Å². The number of nitrogens with one attached hydrogen (secondary N) is 1. The predicted octanol–water partition coefficient (Wildman–Crippen LogP) is 7.83. The van der Waals surface area contributed by atoms with E-state index in [4.69, 9.17) is 4.74 Å². The molecule has 0 radical (unpaired) electrons. The number of carbonyl (C=O) groups excluding carboxylic acids is 4. The zero-order chi connectivity index (χ0) is 38.4. The van der Waals surface area contributed by atoms with E-state index in [-0.39, 0.29) is 43.0 Å². The smallest absolute Gasteiger partial charge is 0.238 e. The summed E-state index contributed by atoms with van der Waals surface area (Å²) in [5.74, 6) is -3.90. The van der Waals surface area contributed by atoms with Crippen molar-refractivity contribution in [2.75, 3.05) is 23.4 Å². The summed E-state index contributed by atoms with van der Waals surface area (Å²) in [6.45, 7) is -0.178. The lowest BCUT2D eigenvalue weighted by molar-refractivity contribution is -0.135. The molecule has 278 valence electrons. The summed E-state index contributed by atoms with van der Waals surface area (Å²) < 4.78 is 6.16. The summed E-state index contributed by atoms with van der Waals surface area (Å²) in [6, 6.07) is 43.2. The zero-order valence-electron chi connectivity index (χ0n) is 30.6. The van der Waals surface area contributed by atoms with Crippen LogP contribution >= 0.6 is 0 Å². The second kappa shape index (κ2) is 14.4. The summed E-state index contributed by atoms with van der Waals surface area (Å²) in [4.78, 5) is 61.0. The second-order valence-electron chi connectivity index (χ2n) is 14.9. The van der Waals surface area contributed by atoms with Crippen LogP contribution in [0.3, 0.4) is 0 Å². The van der Waals surface area contributed by atoms with Crippen LogP contribution in [0.25, 0.3) is 5.57 Å². The number of carbonyl (C=O) groups is 4. The molecule has 8 nitrogen and oxygen atoms in total. The molecule has 1 saturated heterocycles. The maximum Gasteiger partial charge on any atom is 0.238 e. The highest BCUT2D eigenvalue weighted by atomic mass is 16.5. The minimum atomic E-state index is -1.38. The average Bonchev–Trinajstić information content (AvgIpc) is 3.50. The number of hydrogen-bond acceptors (Lipinski definition) is 7. The Morgan fingerprint density at radius 2 is 1.36 bits per heavy atom. The van der Waals surface area contributed by atoms with Crippen LogP contribution in [-0.2, 0) is 24.6 Å². The molecule has 0 spiro atoms. The number of Topliss-reactive ketones (excluding diaryl/α,β-unsaturated/α-hetero) is 1. The number of aliphatic hydroxyl groups excluding tert-OH is 1. The van der Waals surface area contributed by atoms with Gasteiger partial charge in [0.05, 0.1) is 29.5 Å². The van der Waals surface area contributed by atoms with Gasteiger partial charge in [-0.3, -0.25) is 24.1 Å². The molecule has 5 aromatic rings. The third-order valence-corrected chi connectivity index (χ3v) is 12.1. The number of para-hydroxylation sites is 2. The molecule has 2 fully saturated rings. The van der Waals surface area contributed by atoms with E-state index in [1.807, 2.05) is 127 Å². The number of ether oxygens (including phenoxy) is 1. The number of benzene rings is 5. The highest BCUT2D eigenvalue weighted by Crippen LogP contribution is 2.64. The number of aliphatic hydroxyl groups is 1. The summed E-state index contributed by atoms with van der Waals surface area (Å²) in [5.41, 5.74) is 4.09. The van der Waals surface area contributed by atoms with E-state index < -0.39 is 35.0 Å². The molecule has 8 heteroatoms. The normalized spacial score (nSPS) is 25.4. The third kappa shape index (κ3) is 5.63. The van der Waals surface area contributed by atoms with Crippen molar-refractivity contribution in [2.24, 2.45) is 23.7 Å². The van der Waals surface area contributed by atoms with Crippen molar-refractivity contribution < 1.29 is 29.0 Å². The van der Waals surface area contributed by atoms with Crippen molar-refractivity contribution in [3.63, 3.8) is 0 Å². The molecule has 5 aromatic carbocycles. The number of fused-ring (bicyclic) bond motifs is 4. The summed E-state index contributed by atoms with van der Waals surface area (Å²) in [5, 5.41) is 13.1. The van der Waals surface area contributed by atoms with Gasteiger partial charge in [0, 0.05) is 34.3 Å². The third-order valence-electron chi connectivity index (χ3n) is 12.1. The molecule has 1 heterocycles. The van der Waals surface area contributed by atoms with Gasteiger partial charge in [-0.2, -0.15) is 0 Å². The number of allylic oxidation sites excluding steroid dienone is 4. The maximum absolute atomic E-state index is 15.3. The first-order valence-electron chi connectivity index (χ1n) is 19.2. The monoisotopic (exact) mass is 740 g/mol. The van der Waals surface area contributed by atoms with Gasteiger partial charge in [0.1, 0.15) is 12.4 Å². The first kappa shape index (κ1) is 35.3. The van der Waals surface area contributed by atoms with Crippen molar-refractivity contribution in [3.05, 3.63) is 174 Å². The van der Waals surface area contributed by atoms with Gasteiger partial charge in [0.2, 0.25) is 11.8 Å². The van der Waals surface area contributed by atoms with E-state index in [1.54, 1.807) is 12.1 Å². The summed E-state index contributed by atoms with van der Waals surface area (Å²) in [6.07, 6.45) is 4.08. The molecular formula is C48H40N2O6. The first-order chi connectivity index (χ1) is 27.4. The molecule has 9 rings (SSSR count). The molecule has 6 atom stereocenters. The number of nitrogens with zero attached hydrogens (tertiary/aromatic N) is 1. The fourth-order valence-corrected chi connectivity index (χ4v) is 9.86. The Labute approximate surface area is 325 Å². The highest BCUT2D eigenvalue weighted by Gasteiger charge is 2.66. The van der Waals surface area contributed by atoms with Gasteiger partial charge in [-0.25, -0.2) is 0 Å². The van der Waals surface area contributed by atoms with E-state index >= 15 is 9.59 Å². The molecule has 4 aliphatic rings. The van der Waals surface area contributed by atoms with E-state index in [0.29, 0.717) is 40.1 Å². The number of imide groups is 1. The standard InChI is InChI=1S/C48H40N2O6/c51-26-27-56-41-19-11-10-18-36(41)44-35-24-25-37-43(47(55)50(46(37)54)34-22-20-33(21-23-34)49-32-16-8-3-9-17-32)39(35)28-40-45(53)38(30-12-4-1-5-13-30)29-42(52)48(40,44)31-14-6-2-7-15-31/h1-24,29,37,39-40,43-44,49,51H,25-28H2/t37-,39+,40-,43-,44+,48-/m0/s1. The van der Waals surface area contributed by atoms with E-state index in [2.05, 4.69) is 11.4 Å². The molecule has 3 aliphatic carbocycles. The Bertz CT molecular complexity index is 2390. The molecule has 0 aromatic heterocycles. The molecule has 1 aliphatic heterocycles. The van der Waals surface area contributed by atoms with E-state index in [9.17, 15) is 14.7 Å². The van der Waals surface area contributed by atoms with Crippen LogP contribution in [0.2, 0.25) is 0 Å². The van der Waals surface area contributed by atoms with Crippen LogP contribution < -0.4 is 15.0 Å². The number of ketones is 2. The molecular weight excluding hydrogens is 701 g/mol. The number of amides is 2. The van der Waals surface area contributed by atoms with Gasteiger partial charge in [0.25, 0.3) is 0 Å². The Morgan fingerprint density at radius 1 is 0.714 bits per heavy atom. The molecule has 1 saturated carbocycles.